The molecule has 3 heterocycles. The van der Waals surface area contributed by atoms with Crippen molar-refractivity contribution in [2.75, 3.05) is 0 Å². The number of rotatable bonds is 3. The van der Waals surface area contributed by atoms with Gasteiger partial charge in [0.05, 0.1) is 33.6 Å². The van der Waals surface area contributed by atoms with Crippen LogP contribution in [0.15, 0.2) is 164 Å². The molecule has 0 N–H and O–H groups in total. The first-order chi connectivity index (χ1) is 23.8. The lowest BCUT2D eigenvalue weighted by molar-refractivity contribution is 1.36. The number of aromatic nitrogens is 3. The van der Waals surface area contributed by atoms with Gasteiger partial charge in [0.2, 0.25) is 0 Å². The molecule has 0 unspecified atom stereocenters. The second-order valence-corrected chi connectivity index (χ2v) is 12.4. The first-order valence-electron chi connectivity index (χ1n) is 16.3. The maximum atomic E-state index is 5.31. The van der Waals surface area contributed by atoms with Crippen molar-refractivity contribution in [3.8, 4) is 33.8 Å². The largest absolute Gasteiger partial charge is 0.247 e. The molecule has 0 radical (unpaired) electrons. The van der Waals surface area contributed by atoms with Crippen LogP contribution in [0.5, 0.6) is 0 Å². The average molecular weight is 610 g/mol. The van der Waals surface area contributed by atoms with Crippen LogP contribution in [0.2, 0.25) is 0 Å². The summed E-state index contributed by atoms with van der Waals surface area (Å²) in [4.78, 5) is 15.7. The standard InChI is InChI=1S/C45H27N3/c1-4-13-36-28(8-1)16-17-29-20-23-40(46-43(29)36)33-10-7-11-34(26-33)41-24-21-30-18-19-31-22-25-42(48-45(31)44(30)47-41)39-27-32-9-2-3-12-35(32)37-14-5-6-15-38(37)39/h1-27H. The molecule has 0 atom stereocenters. The van der Waals surface area contributed by atoms with Gasteiger partial charge in [-0.2, -0.15) is 0 Å². The summed E-state index contributed by atoms with van der Waals surface area (Å²) in [6, 6.07) is 57.9. The van der Waals surface area contributed by atoms with Gasteiger partial charge in [-0.05, 0) is 57.3 Å². The highest BCUT2D eigenvalue weighted by molar-refractivity contribution is 6.14. The molecule has 10 rings (SSSR count). The van der Waals surface area contributed by atoms with E-state index in [1.807, 2.05) is 0 Å². The summed E-state index contributed by atoms with van der Waals surface area (Å²) in [5.41, 5.74) is 8.86. The Balaban J connectivity index is 1.11. The average Bonchev–Trinajstić information content (AvgIpc) is 3.17. The number of nitrogens with zero attached hydrogens (tertiary/aromatic N) is 3. The highest BCUT2D eigenvalue weighted by atomic mass is 14.8. The lowest BCUT2D eigenvalue weighted by Gasteiger charge is -2.12. The minimum absolute atomic E-state index is 0.901. The number of benzene rings is 7. The molecule has 0 aliphatic carbocycles. The van der Waals surface area contributed by atoms with Crippen molar-refractivity contribution in [2.24, 2.45) is 0 Å². The fourth-order valence-corrected chi connectivity index (χ4v) is 7.20. The maximum absolute atomic E-state index is 5.31. The Morgan fingerprint density at radius 3 is 1.46 bits per heavy atom. The second-order valence-electron chi connectivity index (χ2n) is 12.4. The van der Waals surface area contributed by atoms with E-state index in [0.717, 1.165) is 66.5 Å². The van der Waals surface area contributed by atoms with E-state index in [1.54, 1.807) is 0 Å². The quantitative estimate of drug-likeness (QED) is 0.187. The molecular weight excluding hydrogens is 583 g/mol. The summed E-state index contributed by atoms with van der Waals surface area (Å²) in [6.07, 6.45) is 0. The molecule has 0 aliphatic heterocycles. The molecule has 0 amide bonds. The van der Waals surface area contributed by atoms with E-state index >= 15 is 0 Å². The van der Waals surface area contributed by atoms with Crippen molar-refractivity contribution in [2.45, 2.75) is 0 Å². The molecule has 0 saturated heterocycles. The zero-order chi connectivity index (χ0) is 31.6. The molecule has 7 aromatic carbocycles. The lowest BCUT2D eigenvalue weighted by atomic mass is 9.95. The smallest absolute Gasteiger partial charge is 0.0972 e. The fraction of sp³-hybridized carbons (Fsp3) is 0. The van der Waals surface area contributed by atoms with E-state index in [4.69, 9.17) is 15.0 Å². The lowest BCUT2D eigenvalue weighted by Crippen LogP contribution is -1.92. The summed E-state index contributed by atoms with van der Waals surface area (Å²) >= 11 is 0. The monoisotopic (exact) mass is 609 g/mol. The van der Waals surface area contributed by atoms with Crippen molar-refractivity contribution < 1.29 is 0 Å². The molecule has 222 valence electrons. The molecule has 0 saturated carbocycles. The van der Waals surface area contributed by atoms with E-state index in [1.165, 1.54) is 32.3 Å². The van der Waals surface area contributed by atoms with Gasteiger partial charge in [0.1, 0.15) is 0 Å². The highest BCUT2D eigenvalue weighted by Gasteiger charge is 2.13. The number of hydrogen-bond acceptors (Lipinski definition) is 3. The van der Waals surface area contributed by atoms with E-state index in [2.05, 4.69) is 164 Å². The third kappa shape index (κ3) is 4.25. The molecule has 0 aliphatic rings. The summed E-state index contributed by atoms with van der Waals surface area (Å²) < 4.78 is 0. The molecule has 10 aromatic rings. The Morgan fingerprint density at radius 2 is 0.750 bits per heavy atom. The second kappa shape index (κ2) is 10.5. The van der Waals surface area contributed by atoms with E-state index in [-0.39, 0.29) is 0 Å². The van der Waals surface area contributed by atoms with Gasteiger partial charge in [-0.25, -0.2) is 15.0 Å². The minimum Gasteiger partial charge on any atom is -0.247 e. The molecule has 3 aromatic heterocycles. The van der Waals surface area contributed by atoms with Crippen LogP contribution in [-0.2, 0) is 0 Å². The Hall–Kier alpha value is -6.45. The van der Waals surface area contributed by atoms with Crippen LogP contribution >= 0.6 is 0 Å². The summed E-state index contributed by atoms with van der Waals surface area (Å²) in [6.45, 7) is 0. The third-order valence-corrected chi connectivity index (χ3v) is 9.60. The van der Waals surface area contributed by atoms with Crippen LogP contribution < -0.4 is 0 Å². The predicted octanol–water partition coefficient (Wildman–Crippen LogP) is 11.8. The summed E-state index contributed by atoms with van der Waals surface area (Å²) in [5.74, 6) is 0. The van der Waals surface area contributed by atoms with Gasteiger partial charge in [-0.3, -0.25) is 0 Å². The van der Waals surface area contributed by atoms with E-state index in [0.29, 0.717) is 0 Å². The van der Waals surface area contributed by atoms with Crippen molar-refractivity contribution in [3.63, 3.8) is 0 Å². The molecular formula is C45H27N3. The van der Waals surface area contributed by atoms with Gasteiger partial charge in [0, 0.05) is 38.2 Å². The third-order valence-electron chi connectivity index (χ3n) is 9.60. The normalized spacial score (nSPS) is 11.8. The first kappa shape index (κ1) is 26.7. The molecule has 3 heteroatoms. The van der Waals surface area contributed by atoms with Crippen LogP contribution in [0, 0.1) is 0 Å². The molecule has 0 fully saturated rings. The number of fused-ring (bicyclic) bond motifs is 9. The van der Waals surface area contributed by atoms with Crippen LogP contribution in [-0.4, -0.2) is 15.0 Å². The van der Waals surface area contributed by atoms with Crippen LogP contribution in [0.25, 0.3) is 98.8 Å². The SMILES string of the molecule is c1cc(-c2ccc3ccc4ccccc4c3n2)cc(-c2ccc3ccc4ccc(-c5cc6ccccc6c6ccccc56)nc4c3n2)c1. The zero-order valence-corrected chi connectivity index (χ0v) is 25.9. The van der Waals surface area contributed by atoms with E-state index in [9.17, 15) is 0 Å². The van der Waals surface area contributed by atoms with Crippen molar-refractivity contribution in [1.82, 2.24) is 15.0 Å². The van der Waals surface area contributed by atoms with E-state index < -0.39 is 0 Å². The Kier molecular flexibility index (Phi) is 5.87. The first-order valence-corrected chi connectivity index (χ1v) is 16.3. The Bertz CT molecular complexity index is 2910. The molecule has 0 spiro atoms. The van der Waals surface area contributed by atoms with Crippen LogP contribution in [0.3, 0.4) is 0 Å². The predicted molar refractivity (Wildman–Crippen MR) is 201 cm³/mol. The van der Waals surface area contributed by atoms with Gasteiger partial charge >= 0.3 is 0 Å². The topological polar surface area (TPSA) is 38.7 Å². The minimum atomic E-state index is 0.901. The fourth-order valence-electron chi connectivity index (χ4n) is 7.20. The zero-order valence-electron chi connectivity index (χ0n) is 25.9. The Morgan fingerprint density at radius 1 is 0.271 bits per heavy atom. The molecule has 48 heavy (non-hydrogen) atoms. The van der Waals surface area contributed by atoms with Gasteiger partial charge in [-0.1, -0.05) is 133 Å². The summed E-state index contributed by atoms with van der Waals surface area (Å²) in [7, 11) is 0. The molecule has 3 nitrogen and oxygen atoms in total. The van der Waals surface area contributed by atoms with Crippen LogP contribution in [0.4, 0.5) is 0 Å². The summed E-state index contributed by atoms with van der Waals surface area (Å²) in [5, 5.41) is 10.5. The van der Waals surface area contributed by atoms with Crippen molar-refractivity contribution in [3.05, 3.63) is 164 Å². The van der Waals surface area contributed by atoms with Gasteiger partial charge in [0.25, 0.3) is 0 Å². The van der Waals surface area contributed by atoms with Gasteiger partial charge in [-0.15, -0.1) is 0 Å². The van der Waals surface area contributed by atoms with Gasteiger partial charge in [0.15, 0.2) is 0 Å². The number of hydrogen-bond donors (Lipinski definition) is 0. The number of pyridine rings is 3. The van der Waals surface area contributed by atoms with Crippen LogP contribution in [0.1, 0.15) is 0 Å². The van der Waals surface area contributed by atoms with Crippen molar-refractivity contribution in [1.29, 1.82) is 0 Å². The maximum Gasteiger partial charge on any atom is 0.0972 e. The molecule has 0 bridgehead atoms. The van der Waals surface area contributed by atoms with Crippen molar-refractivity contribution >= 4 is 65.0 Å². The Labute approximate surface area is 276 Å². The van der Waals surface area contributed by atoms with Gasteiger partial charge < -0.3 is 0 Å². The highest BCUT2D eigenvalue weighted by Crippen LogP contribution is 2.36.